The van der Waals surface area contributed by atoms with E-state index in [0.717, 1.165) is 0 Å². The molecule has 0 unspecified atom stereocenters. The van der Waals surface area contributed by atoms with Crippen molar-refractivity contribution in [3.8, 4) is 0 Å². The Bertz CT molecular complexity index is 914. The van der Waals surface area contributed by atoms with Crippen molar-refractivity contribution in [3.63, 3.8) is 0 Å². The van der Waals surface area contributed by atoms with Crippen molar-refractivity contribution < 1.29 is 12.4 Å². The Labute approximate surface area is 227 Å². The molecular weight excluding hydrogens is 602 g/mol. The van der Waals surface area contributed by atoms with Crippen LogP contribution in [0.15, 0.2) is 50.5 Å². The van der Waals surface area contributed by atoms with Crippen LogP contribution in [0.5, 0.6) is 0 Å². The van der Waals surface area contributed by atoms with Gasteiger partial charge < -0.3 is 12.4 Å². The largest absolute Gasteiger partial charge is 1.00 e. The third-order valence-corrected chi connectivity index (χ3v) is 15.0. The molecule has 1 aliphatic heterocycles. The van der Waals surface area contributed by atoms with E-state index in [1.165, 1.54) is 16.7 Å². The van der Waals surface area contributed by atoms with Crippen molar-refractivity contribution in [1.29, 1.82) is 0 Å². The van der Waals surface area contributed by atoms with E-state index in [0.29, 0.717) is 15.0 Å². The molecule has 0 fully saturated rings. The fraction of sp³-hybridized carbons (Fsp3) is 0.567. The fourth-order valence-electron chi connectivity index (χ4n) is 3.14. The molecule has 0 nitrogen and oxygen atoms in total. The van der Waals surface area contributed by atoms with Gasteiger partial charge in [0.25, 0.3) is 0 Å². The van der Waals surface area contributed by atoms with Gasteiger partial charge in [-0.3, -0.25) is 0 Å². The van der Waals surface area contributed by atoms with Crippen LogP contribution in [0.25, 0.3) is 6.08 Å². The molecule has 0 amide bonds. The first kappa shape index (κ1) is 30.9. The van der Waals surface area contributed by atoms with Gasteiger partial charge in [-0.25, -0.2) is 0 Å². The molecule has 2 rings (SSSR count). The van der Waals surface area contributed by atoms with Gasteiger partial charge in [-0.1, -0.05) is 0 Å². The molecule has 2 heterocycles. The van der Waals surface area contributed by atoms with Crippen molar-refractivity contribution in [3.05, 3.63) is 63.2 Å². The van der Waals surface area contributed by atoms with E-state index in [2.05, 4.69) is 126 Å². The third kappa shape index (κ3) is 8.81. The van der Waals surface area contributed by atoms with Gasteiger partial charge in [0.1, 0.15) is 0 Å². The normalized spacial score (nSPS) is 15.8. The summed E-state index contributed by atoms with van der Waals surface area (Å²) in [5.74, 6) is 0. The zero-order valence-electron chi connectivity index (χ0n) is 23.2. The molecule has 0 aromatic carbocycles. The minimum absolute atomic E-state index is 0. The van der Waals surface area contributed by atoms with E-state index in [9.17, 15) is 0 Å². The first-order valence-corrected chi connectivity index (χ1v) is 15.8. The van der Waals surface area contributed by atoms with E-state index in [1.807, 2.05) is 0 Å². The maximum absolute atomic E-state index is 2.47. The molecule has 0 radical (unpaired) electrons. The Morgan fingerprint density at radius 2 is 1.09 bits per heavy atom. The molecule has 0 atom stereocenters. The van der Waals surface area contributed by atoms with Crippen LogP contribution in [-0.2, 0) is 10.8 Å². The van der Waals surface area contributed by atoms with Crippen molar-refractivity contribution in [1.82, 2.24) is 0 Å². The Morgan fingerprint density at radius 1 is 0.697 bits per heavy atom. The Morgan fingerprint density at radius 3 is 1.42 bits per heavy atom. The second-order valence-corrected chi connectivity index (χ2v) is 18.6. The molecule has 1 aliphatic rings. The standard InChI is InChI=1S/C30H45SeTe.ClH/c1-20(22-18-23(27(2,3)4)31-24(19-22)28(5,6)7)14-15-21-16-25(29(8,9)10)32-26(17-21)30(11,12)13;/h14-19H,1-13H3;1H/q+1;/p-1. The smallest absolute Gasteiger partial charge is 1.00 e. The molecule has 0 aliphatic carbocycles. The van der Waals surface area contributed by atoms with E-state index in [4.69, 9.17) is 0 Å². The van der Waals surface area contributed by atoms with Gasteiger partial charge in [-0.05, 0) is 0 Å². The van der Waals surface area contributed by atoms with Gasteiger partial charge in [0, 0.05) is 0 Å². The number of hydrogen-bond acceptors (Lipinski definition) is 0. The Kier molecular flexibility index (Phi) is 10.2. The minimum atomic E-state index is -0.273. The molecule has 1 aromatic heterocycles. The predicted molar refractivity (Wildman–Crippen MR) is 148 cm³/mol. The van der Waals surface area contributed by atoms with E-state index < -0.39 is 0 Å². The summed E-state index contributed by atoms with van der Waals surface area (Å²) in [6, 6.07) is 4.95. The Hall–Kier alpha value is -0.0909. The SMILES string of the molecule is CC(C=Cc1cc(C(C)(C)C)[te+]c(C(C)(C)C)c1)=C1C=C(C(C)(C)C)[Se]C(C(C)(C)C)=C1.[Cl-]. The summed E-state index contributed by atoms with van der Waals surface area (Å²) in [5, 5.41) is 0. The molecule has 184 valence electrons. The van der Waals surface area contributed by atoms with Gasteiger partial charge in [-0.2, -0.15) is 0 Å². The maximum Gasteiger partial charge on any atom is -1.00 e. The number of hydrogen-bond donors (Lipinski definition) is 0. The van der Waals surface area contributed by atoms with Gasteiger partial charge in [0.05, 0.1) is 0 Å². The van der Waals surface area contributed by atoms with Crippen LogP contribution in [0.2, 0.25) is 0 Å². The van der Waals surface area contributed by atoms with Crippen LogP contribution in [0, 0.1) is 10.8 Å². The molecule has 0 bridgehead atoms. The minimum Gasteiger partial charge on any atom is -1.00 e. The molecule has 0 spiro atoms. The second kappa shape index (κ2) is 10.9. The van der Waals surface area contributed by atoms with E-state index in [-0.39, 0.29) is 54.5 Å². The van der Waals surface area contributed by atoms with Crippen LogP contribution in [0.4, 0.5) is 0 Å². The summed E-state index contributed by atoms with van der Waals surface area (Å²) in [6.45, 7) is 30.6. The summed E-state index contributed by atoms with van der Waals surface area (Å²) >= 11 is 0.158. The Balaban J connectivity index is 0.00000544. The van der Waals surface area contributed by atoms with Gasteiger partial charge >= 0.3 is 216 Å². The maximum atomic E-state index is 2.47. The summed E-state index contributed by atoms with van der Waals surface area (Å²) in [5.41, 5.74) is 5.04. The molecule has 0 saturated heterocycles. The molecule has 3 heteroatoms. The van der Waals surface area contributed by atoms with Crippen LogP contribution in [-0.4, -0.2) is 35.4 Å². The molecule has 33 heavy (non-hydrogen) atoms. The van der Waals surface area contributed by atoms with Crippen molar-refractivity contribution in [2.45, 2.75) is 101 Å². The molecule has 0 N–H and O–H groups in total. The van der Waals surface area contributed by atoms with Gasteiger partial charge in [0.2, 0.25) is 0 Å². The zero-order valence-corrected chi connectivity index (χ0v) is 28.0. The third-order valence-electron chi connectivity index (χ3n) is 5.55. The number of rotatable bonds is 2. The predicted octanol–water partition coefficient (Wildman–Crippen LogP) is 5.53. The van der Waals surface area contributed by atoms with Crippen molar-refractivity contribution >= 4 is 41.5 Å². The summed E-state index contributed by atoms with van der Waals surface area (Å²) < 4.78 is 6.51. The first-order chi connectivity index (χ1) is 14.3. The van der Waals surface area contributed by atoms with Crippen molar-refractivity contribution in [2.75, 3.05) is 0 Å². The average molecular weight is 648 g/mol. The summed E-state index contributed by atoms with van der Waals surface area (Å²) in [6.07, 6.45) is 9.64. The van der Waals surface area contributed by atoms with E-state index >= 15 is 0 Å². The monoisotopic (exact) mass is 650 g/mol. The van der Waals surface area contributed by atoms with Crippen LogP contribution in [0.3, 0.4) is 0 Å². The quantitative estimate of drug-likeness (QED) is 0.371. The summed E-state index contributed by atoms with van der Waals surface area (Å²) in [4.78, 5) is 0. The van der Waals surface area contributed by atoms with E-state index in [1.54, 1.807) is 16.1 Å². The van der Waals surface area contributed by atoms with Gasteiger partial charge in [0.15, 0.2) is 0 Å². The zero-order chi connectivity index (χ0) is 24.7. The number of allylic oxidation sites excluding steroid dienone is 7. The van der Waals surface area contributed by atoms with Crippen LogP contribution in [0.1, 0.15) is 103 Å². The second-order valence-electron chi connectivity index (χ2n) is 13.2. The van der Waals surface area contributed by atoms with Crippen LogP contribution >= 0.6 is 0 Å². The molecule has 1 aromatic rings. The molecular formula is C30H45ClSeTe. The van der Waals surface area contributed by atoms with Crippen LogP contribution < -0.4 is 12.4 Å². The number of halogens is 1. The average Bonchev–Trinajstić information content (AvgIpc) is 2.62. The topological polar surface area (TPSA) is 0 Å². The molecule has 0 saturated carbocycles. The summed E-state index contributed by atoms with van der Waals surface area (Å²) in [7, 11) is 0. The van der Waals surface area contributed by atoms with Gasteiger partial charge in [-0.15, -0.1) is 0 Å². The fourth-order valence-corrected chi connectivity index (χ4v) is 9.24. The van der Waals surface area contributed by atoms with Crippen molar-refractivity contribution in [2.24, 2.45) is 10.8 Å². The first-order valence-electron chi connectivity index (χ1n) is 11.8.